The molecule has 0 bridgehead atoms. The molecule has 0 amide bonds. The van der Waals surface area contributed by atoms with Crippen molar-refractivity contribution >= 4 is 21.9 Å². The number of hydrogen-bond acceptors (Lipinski definition) is 3. The van der Waals surface area contributed by atoms with E-state index >= 15 is 0 Å². The van der Waals surface area contributed by atoms with Gasteiger partial charge in [0.05, 0.1) is 11.5 Å². The molecule has 1 aromatic carbocycles. The van der Waals surface area contributed by atoms with Crippen LogP contribution in [0.1, 0.15) is 18.9 Å². The Labute approximate surface area is 144 Å². The van der Waals surface area contributed by atoms with E-state index in [4.69, 9.17) is 4.74 Å². The van der Waals surface area contributed by atoms with Gasteiger partial charge < -0.3 is 14.6 Å². The summed E-state index contributed by atoms with van der Waals surface area (Å²) in [6.45, 7) is -0.0917. The van der Waals surface area contributed by atoms with E-state index in [1.165, 1.54) is 13.0 Å². The maximum atomic E-state index is 13.7. The van der Waals surface area contributed by atoms with Crippen molar-refractivity contribution in [2.24, 2.45) is 0 Å². The van der Waals surface area contributed by atoms with Crippen LogP contribution in [0.25, 0.3) is 0 Å². The zero-order valence-electron chi connectivity index (χ0n) is 11.0. The van der Waals surface area contributed by atoms with Crippen molar-refractivity contribution in [3.05, 3.63) is 28.2 Å². The molecule has 0 spiro atoms. The molecule has 106 valence electrons. The minimum absolute atomic E-state index is 0. The zero-order valence-corrected chi connectivity index (χ0v) is 14.5. The van der Waals surface area contributed by atoms with Gasteiger partial charge in [-0.1, -0.05) is 22.9 Å². The number of hydrogen-bond donors (Lipinski definition) is 0. The van der Waals surface area contributed by atoms with E-state index in [0.29, 0.717) is 4.47 Å². The molecule has 20 heavy (non-hydrogen) atoms. The molecule has 0 radical (unpaired) electrons. The zero-order chi connectivity index (χ0) is 14.6. The number of alkyl halides is 3. The number of rotatable bonds is 6. The van der Waals surface area contributed by atoms with E-state index in [1.807, 2.05) is 0 Å². The molecular formula is C12H11BrF3NaO3. The number of carboxylic acid groups (broad SMARTS) is 1. The van der Waals surface area contributed by atoms with Crippen molar-refractivity contribution in [2.75, 3.05) is 6.67 Å². The molecule has 0 fully saturated rings. The Morgan fingerprint density at radius 2 is 2.10 bits per heavy atom. The molecule has 0 N–H and O–H groups in total. The summed E-state index contributed by atoms with van der Waals surface area (Å²) < 4.78 is 45.0. The Kier molecular flexibility index (Phi) is 8.16. The van der Waals surface area contributed by atoms with Crippen molar-refractivity contribution in [3.63, 3.8) is 0 Å². The van der Waals surface area contributed by atoms with E-state index in [-0.39, 0.29) is 35.3 Å². The first kappa shape index (κ1) is 19.8. The largest absolute Gasteiger partial charge is 1.00 e. The van der Waals surface area contributed by atoms with Crippen molar-refractivity contribution in [2.45, 2.75) is 25.4 Å². The Hall–Kier alpha value is -0.240. The standard InChI is InChI=1S/C12H12BrF3O3.Na/c1-2-12(15,16)8-5-7(13)3-4-9(8)19-10(6-14)11(17)18;/h3-5,10H,2,6H2,1H3,(H,17,18);/q;+1/p-1/t10-;/m0./s1. The molecule has 0 heterocycles. The van der Waals surface area contributed by atoms with Gasteiger partial charge in [-0.3, -0.25) is 0 Å². The van der Waals surface area contributed by atoms with Crippen molar-refractivity contribution < 1.29 is 57.4 Å². The third kappa shape index (κ3) is 4.95. The average Bonchev–Trinajstić information content (AvgIpc) is 2.36. The second-order valence-corrected chi connectivity index (χ2v) is 4.69. The van der Waals surface area contributed by atoms with Gasteiger partial charge in [0, 0.05) is 10.9 Å². The summed E-state index contributed by atoms with van der Waals surface area (Å²) in [5.41, 5.74) is -0.496. The van der Waals surface area contributed by atoms with Gasteiger partial charge in [0.1, 0.15) is 12.4 Å². The van der Waals surface area contributed by atoms with E-state index in [0.717, 1.165) is 12.1 Å². The van der Waals surface area contributed by atoms with Crippen LogP contribution in [0.5, 0.6) is 5.75 Å². The third-order valence-electron chi connectivity index (χ3n) is 2.45. The van der Waals surface area contributed by atoms with E-state index < -0.39 is 36.7 Å². The number of aliphatic carboxylic acids is 1. The molecule has 1 atom stereocenters. The minimum Gasteiger partial charge on any atom is -0.546 e. The van der Waals surface area contributed by atoms with Crippen molar-refractivity contribution in [1.29, 1.82) is 0 Å². The van der Waals surface area contributed by atoms with Gasteiger partial charge >= 0.3 is 29.6 Å². The second kappa shape index (κ2) is 8.26. The van der Waals surface area contributed by atoms with E-state index in [1.54, 1.807) is 0 Å². The molecule has 0 unspecified atom stereocenters. The maximum absolute atomic E-state index is 13.7. The fourth-order valence-corrected chi connectivity index (χ4v) is 1.74. The van der Waals surface area contributed by atoms with Gasteiger partial charge in [0.2, 0.25) is 0 Å². The summed E-state index contributed by atoms with van der Waals surface area (Å²) in [6, 6.07) is 3.67. The monoisotopic (exact) mass is 362 g/mol. The first-order chi connectivity index (χ1) is 8.81. The predicted molar refractivity (Wildman–Crippen MR) is 63.7 cm³/mol. The van der Waals surface area contributed by atoms with E-state index in [2.05, 4.69) is 15.9 Å². The molecule has 0 aliphatic rings. The Bertz CT molecular complexity index is 471. The quantitative estimate of drug-likeness (QED) is 0.636. The molecular weight excluding hydrogens is 352 g/mol. The predicted octanol–water partition coefficient (Wildman–Crippen LogP) is -0.578. The summed E-state index contributed by atoms with van der Waals surface area (Å²) in [4.78, 5) is 10.6. The van der Waals surface area contributed by atoms with Crippen molar-refractivity contribution in [3.8, 4) is 5.75 Å². The molecule has 3 nitrogen and oxygen atoms in total. The average molecular weight is 363 g/mol. The topological polar surface area (TPSA) is 49.4 Å². The number of ether oxygens (including phenoxy) is 1. The Morgan fingerprint density at radius 1 is 1.50 bits per heavy atom. The Balaban J connectivity index is 0.00000361. The number of benzene rings is 1. The first-order valence-electron chi connectivity index (χ1n) is 5.43. The maximum Gasteiger partial charge on any atom is 1.00 e. The van der Waals surface area contributed by atoms with Crippen LogP contribution in [0.4, 0.5) is 13.2 Å². The van der Waals surface area contributed by atoms with Crippen LogP contribution in [0.3, 0.4) is 0 Å². The van der Waals surface area contributed by atoms with E-state index in [9.17, 15) is 23.1 Å². The fraction of sp³-hybridized carbons (Fsp3) is 0.417. The molecule has 8 heteroatoms. The van der Waals surface area contributed by atoms with Gasteiger partial charge in [0.15, 0.2) is 6.10 Å². The summed E-state index contributed by atoms with van der Waals surface area (Å²) in [5.74, 6) is -5.37. The molecule has 1 rings (SSSR count). The molecule has 0 aliphatic heterocycles. The van der Waals surface area contributed by atoms with Crippen LogP contribution in [0, 0.1) is 0 Å². The summed E-state index contributed by atoms with van der Waals surface area (Å²) >= 11 is 3.04. The first-order valence-corrected chi connectivity index (χ1v) is 6.22. The minimum atomic E-state index is -3.20. The van der Waals surface area contributed by atoms with Gasteiger partial charge in [-0.25, -0.2) is 13.2 Å². The van der Waals surface area contributed by atoms with Crippen LogP contribution in [-0.4, -0.2) is 18.7 Å². The van der Waals surface area contributed by atoms with Crippen LogP contribution in [-0.2, 0) is 10.7 Å². The van der Waals surface area contributed by atoms with Gasteiger partial charge in [-0.05, 0) is 18.2 Å². The number of carboxylic acids is 1. The molecule has 0 saturated heterocycles. The van der Waals surface area contributed by atoms with Crippen molar-refractivity contribution in [1.82, 2.24) is 0 Å². The van der Waals surface area contributed by atoms with Gasteiger partial charge in [0.25, 0.3) is 5.92 Å². The fourth-order valence-electron chi connectivity index (χ4n) is 1.38. The van der Waals surface area contributed by atoms with Gasteiger partial charge in [-0.15, -0.1) is 0 Å². The smallest absolute Gasteiger partial charge is 0.546 e. The second-order valence-electron chi connectivity index (χ2n) is 3.78. The molecule has 0 aliphatic carbocycles. The van der Waals surface area contributed by atoms with Crippen LogP contribution in [0.15, 0.2) is 22.7 Å². The molecule has 1 aromatic rings. The number of carbonyl (C=O) groups excluding carboxylic acids is 1. The van der Waals surface area contributed by atoms with Gasteiger partial charge in [-0.2, -0.15) is 0 Å². The summed E-state index contributed by atoms with van der Waals surface area (Å²) in [6.07, 6.45) is -2.40. The number of halogens is 4. The van der Waals surface area contributed by atoms with Crippen LogP contribution < -0.4 is 39.4 Å². The normalized spacial score (nSPS) is 12.4. The third-order valence-corrected chi connectivity index (χ3v) is 2.95. The Morgan fingerprint density at radius 3 is 2.55 bits per heavy atom. The number of carbonyl (C=O) groups is 1. The molecule has 0 saturated carbocycles. The molecule has 0 aromatic heterocycles. The summed E-state index contributed by atoms with van der Waals surface area (Å²) in [5, 5.41) is 10.6. The van der Waals surface area contributed by atoms with Crippen LogP contribution in [0.2, 0.25) is 0 Å². The summed E-state index contributed by atoms with van der Waals surface area (Å²) in [7, 11) is 0. The van der Waals surface area contributed by atoms with Crippen LogP contribution >= 0.6 is 15.9 Å². The SMILES string of the molecule is CCC(F)(F)c1cc(Br)ccc1O[C@@H](CF)C(=O)[O-].[Na+].